The number of aryl methyl sites for hydroxylation is 2. The number of carbonyl (C=O) groups is 3. The van der Waals surface area contributed by atoms with Crippen LogP contribution in [0.25, 0.3) is 0 Å². The molecule has 8 nitrogen and oxygen atoms in total. The second-order valence-electron chi connectivity index (χ2n) is 4.27. The molecule has 0 bridgehead atoms. The highest BCUT2D eigenvalue weighted by molar-refractivity contribution is 6.10. The summed E-state index contributed by atoms with van der Waals surface area (Å²) in [4.78, 5) is 34.0. The molecule has 1 heterocycles. The van der Waals surface area contributed by atoms with E-state index in [1.54, 1.807) is 20.2 Å². The molecule has 3 N–H and O–H groups in total. The average Bonchev–Trinajstić information content (AvgIpc) is 2.65. The summed E-state index contributed by atoms with van der Waals surface area (Å²) in [5.74, 6) is -1.97. The number of carbonyl (C=O) groups excluding carboxylic acids is 2. The molecule has 1 aromatic rings. The van der Waals surface area contributed by atoms with Gasteiger partial charge in [-0.25, -0.2) is 9.59 Å². The Bertz CT molecular complexity index is 601. The van der Waals surface area contributed by atoms with Crippen molar-refractivity contribution in [1.29, 1.82) is 0 Å². The van der Waals surface area contributed by atoms with Crippen LogP contribution in [0.4, 0.5) is 10.5 Å². The van der Waals surface area contributed by atoms with Crippen LogP contribution in [0.3, 0.4) is 0 Å². The topological polar surface area (TPSA) is 113 Å². The second kappa shape index (κ2) is 6.00. The van der Waals surface area contributed by atoms with Crippen LogP contribution < -0.4 is 10.6 Å². The van der Waals surface area contributed by atoms with Gasteiger partial charge < -0.3 is 10.4 Å². The third-order valence-electron chi connectivity index (χ3n) is 2.71. The van der Waals surface area contributed by atoms with E-state index >= 15 is 0 Å². The largest absolute Gasteiger partial charge is 0.478 e. The van der Waals surface area contributed by atoms with Crippen molar-refractivity contribution in [2.24, 2.45) is 7.05 Å². The first-order valence-corrected chi connectivity index (χ1v) is 5.75. The highest BCUT2D eigenvalue weighted by Gasteiger charge is 2.16. The van der Waals surface area contributed by atoms with Gasteiger partial charge in [0.1, 0.15) is 0 Å². The van der Waals surface area contributed by atoms with Crippen LogP contribution in [0.1, 0.15) is 19.5 Å². The molecule has 0 unspecified atom stereocenters. The van der Waals surface area contributed by atoms with Gasteiger partial charge in [-0.1, -0.05) is 0 Å². The molecular formula is C12H16N4O4. The molecule has 1 aromatic heterocycles. The number of amides is 3. The molecule has 108 valence electrons. The summed E-state index contributed by atoms with van der Waals surface area (Å²) in [6.07, 6.45) is 1.59. The monoisotopic (exact) mass is 280 g/mol. The summed E-state index contributed by atoms with van der Waals surface area (Å²) in [6, 6.07) is -0.747. The molecule has 0 fully saturated rings. The Morgan fingerprint density at radius 2 is 1.85 bits per heavy atom. The summed E-state index contributed by atoms with van der Waals surface area (Å²) in [7, 11) is 1.70. The average molecular weight is 280 g/mol. The zero-order valence-electron chi connectivity index (χ0n) is 11.6. The second-order valence-corrected chi connectivity index (χ2v) is 4.27. The van der Waals surface area contributed by atoms with Gasteiger partial charge in [0, 0.05) is 24.4 Å². The maximum Gasteiger partial charge on any atom is 0.331 e. The van der Waals surface area contributed by atoms with Crippen molar-refractivity contribution in [1.82, 2.24) is 15.1 Å². The zero-order chi connectivity index (χ0) is 15.4. The Morgan fingerprint density at radius 3 is 2.30 bits per heavy atom. The number of anilines is 1. The molecule has 0 radical (unpaired) electrons. The van der Waals surface area contributed by atoms with Crippen LogP contribution in [-0.2, 0) is 16.6 Å². The lowest BCUT2D eigenvalue weighted by atomic mass is 10.1. The zero-order valence-corrected chi connectivity index (χ0v) is 11.6. The number of aromatic nitrogens is 2. The molecule has 0 aliphatic carbocycles. The van der Waals surface area contributed by atoms with E-state index in [2.05, 4.69) is 15.7 Å². The molecule has 0 saturated carbocycles. The lowest BCUT2D eigenvalue weighted by Crippen LogP contribution is -2.35. The fourth-order valence-electron chi connectivity index (χ4n) is 1.40. The van der Waals surface area contributed by atoms with E-state index in [9.17, 15) is 14.4 Å². The summed E-state index contributed by atoms with van der Waals surface area (Å²) >= 11 is 0. The van der Waals surface area contributed by atoms with Crippen LogP contribution in [0.15, 0.2) is 17.3 Å². The molecule has 0 aromatic carbocycles. The number of imide groups is 1. The summed E-state index contributed by atoms with van der Waals surface area (Å²) in [5, 5.41) is 17.3. The summed E-state index contributed by atoms with van der Waals surface area (Å²) < 4.78 is 1.52. The highest BCUT2D eigenvalue weighted by atomic mass is 16.4. The minimum atomic E-state index is -1.21. The first-order chi connectivity index (χ1) is 9.22. The van der Waals surface area contributed by atoms with E-state index in [4.69, 9.17) is 5.11 Å². The Kier molecular flexibility index (Phi) is 4.63. The van der Waals surface area contributed by atoms with Gasteiger partial charge in [0.15, 0.2) is 0 Å². The number of nitrogens with one attached hydrogen (secondary N) is 2. The van der Waals surface area contributed by atoms with Gasteiger partial charge >= 0.3 is 12.0 Å². The molecule has 0 spiro atoms. The lowest BCUT2D eigenvalue weighted by molar-refractivity contribution is -0.133. The molecule has 0 aliphatic rings. The van der Waals surface area contributed by atoms with E-state index in [0.29, 0.717) is 11.4 Å². The van der Waals surface area contributed by atoms with E-state index in [0.717, 1.165) is 0 Å². The summed E-state index contributed by atoms with van der Waals surface area (Å²) in [5.41, 5.74) is 0.918. The number of nitrogens with zero attached hydrogens (tertiary/aromatic N) is 2. The smallest absolute Gasteiger partial charge is 0.331 e. The Labute approximate surface area is 115 Å². The standard InChI is InChI=1S/C12H16N4O4/c1-6(7(2)11(18)19)10(17)14-12(20)13-9-5-16(4)15-8(9)3/h5H,1-4H3,(H,18,19)(H2,13,14,17,20). The van der Waals surface area contributed by atoms with Gasteiger partial charge in [0.2, 0.25) is 0 Å². The molecule has 8 heteroatoms. The number of carboxylic acids is 1. The number of rotatable bonds is 3. The van der Waals surface area contributed by atoms with Gasteiger partial charge in [-0.2, -0.15) is 5.10 Å². The van der Waals surface area contributed by atoms with Crippen LogP contribution in [-0.4, -0.2) is 32.8 Å². The third-order valence-corrected chi connectivity index (χ3v) is 2.71. The van der Waals surface area contributed by atoms with E-state index in [1.165, 1.54) is 18.5 Å². The molecule has 0 saturated heterocycles. The van der Waals surface area contributed by atoms with Crippen LogP contribution in [0, 0.1) is 6.92 Å². The maximum absolute atomic E-state index is 11.7. The fraction of sp³-hybridized carbons (Fsp3) is 0.333. The molecular weight excluding hydrogens is 264 g/mol. The predicted octanol–water partition coefficient (Wildman–Crippen LogP) is 0.798. The van der Waals surface area contributed by atoms with Gasteiger partial charge in [0.25, 0.3) is 5.91 Å². The van der Waals surface area contributed by atoms with Crippen molar-refractivity contribution in [2.75, 3.05) is 5.32 Å². The van der Waals surface area contributed by atoms with Crippen molar-refractivity contribution in [3.63, 3.8) is 0 Å². The van der Waals surface area contributed by atoms with Crippen molar-refractivity contribution in [3.05, 3.63) is 23.0 Å². The van der Waals surface area contributed by atoms with Crippen molar-refractivity contribution in [3.8, 4) is 0 Å². The quantitative estimate of drug-likeness (QED) is 0.709. The Balaban J connectivity index is 2.72. The predicted molar refractivity (Wildman–Crippen MR) is 71.1 cm³/mol. The molecule has 3 amide bonds. The van der Waals surface area contributed by atoms with E-state index in [1.807, 2.05) is 0 Å². The van der Waals surface area contributed by atoms with Crippen LogP contribution in [0.5, 0.6) is 0 Å². The Hall–Kier alpha value is -2.64. The molecule has 1 rings (SSSR count). The molecule has 0 atom stereocenters. The number of aliphatic carboxylic acids is 1. The number of hydrogen-bond acceptors (Lipinski definition) is 4. The number of urea groups is 1. The Morgan fingerprint density at radius 1 is 1.25 bits per heavy atom. The summed E-state index contributed by atoms with van der Waals surface area (Å²) in [6.45, 7) is 4.33. The molecule has 20 heavy (non-hydrogen) atoms. The third kappa shape index (κ3) is 3.67. The molecule has 0 aliphatic heterocycles. The van der Waals surface area contributed by atoms with Gasteiger partial charge in [0.05, 0.1) is 11.4 Å². The van der Waals surface area contributed by atoms with Gasteiger partial charge in [-0.15, -0.1) is 0 Å². The fourth-order valence-corrected chi connectivity index (χ4v) is 1.40. The van der Waals surface area contributed by atoms with Crippen molar-refractivity contribution in [2.45, 2.75) is 20.8 Å². The first-order valence-electron chi connectivity index (χ1n) is 5.75. The number of hydrogen-bond donors (Lipinski definition) is 3. The number of carboxylic acid groups (broad SMARTS) is 1. The van der Waals surface area contributed by atoms with Crippen molar-refractivity contribution < 1.29 is 19.5 Å². The lowest BCUT2D eigenvalue weighted by Gasteiger charge is -2.07. The van der Waals surface area contributed by atoms with Crippen LogP contribution in [0.2, 0.25) is 0 Å². The minimum absolute atomic E-state index is 0.0319. The SMILES string of the molecule is CC(C(=O)O)=C(C)C(=O)NC(=O)Nc1cn(C)nc1C. The highest BCUT2D eigenvalue weighted by Crippen LogP contribution is 2.11. The van der Waals surface area contributed by atoms with Gasteiger partial charge in [-0.05, 0) is 20.8 Å². The normalized spacial score (nSPS) is 11.6. The van der Waals surface area contributed by atoms with Crippen molar-refractivity contribution >= 4 is 23.6 Å². The van der Waals surface area contributed by atoms with Gasteiger partial charge in [-0.3, -0.25) is 14.8 Å². The first kappa shape index (κ1) is 15.4. The van der Waals surface area contributed by atoms with E-state index in [-0.39, 0.29) is 11.1 Å². The minimum Gasteiger partial charge on any atom is -0.478 e. The van der Waals surface area contributed by atoms with E-state index < -0.39 is 17.9 Å². The maximum atomic E-state index is 11.7. The van der Waals surface area contributed by atoms with Crippen LogP contribution >= 0.6 is 0 Å².